The molecule has 1 spiro atoms. The summed E-state index contributed by atoms with van der Waals surface area (Å²) in [6.07, 6.45) is 7.97. The van der Waals surface area contributed by atoms with Gasteiger partial charge in [0.25, 0.3) is 5.91 Å². The SMILES string of the molecule is Cn1nccc1C(=O)N1CCC2(CC1)CC(N(Cc1ccc(F)cc1)C1CC1)CCO2. The Morgan fingerprint density at radius 3 is 2.55 bits per heavy atom. The Labute approximate surface area is 183 Å². The number of halogens is 1. The van der Waals surface area contributed by atoms with E-state index in [0.29, 0.717) is 17.8 Å². The third kappa shape index (κ3) is 4.39. The summed E-state index contributed by atoms with van der Waals surface area (Å²) >= 11 is 0. The quantitative estimate of drug-likeness (QED) is 0.736. The number of carbonyl (C=O) groups excluding carboxylic acids is 1. The molecule has 166 valence electrons. The second-order valence-electron chi connectivity index (χ2n) is 9.34. The minimum atomic E-state index is -0.181. The summed E-state index contributed by atoms with van der Waals surface area (Å²) in [4.78, 5) is 17.4. The van der Waals surface area contributed by atoms with Crippen LogP contribution in [0.3, 0.4) is 0 Å². The first kappa shape index (κ1) is 20.6. The molecule has 1 saturated carbocycles. The Kier molecular flexibility index (Phi) is 5.56. The number of carbonyl (C=O) groups is 1. The van der Waals surface area contributed by atoms with Crippen LogP contribution in [0, 0.1) is 5.82 Å². The van der Waals surface area contributed by atoms with Gasteiger partial charge in [-0.3, -0.25) is 14.4 Å². The lowest BCUT2D eigenvalue weighted by Gasteiger charge is -2.48. The minimum Gasteiger partial charge on any atom is -0.375 e. The fourth-order valence-electron chi connectivity index (χ4n) is 5.26. The number of aryl methyl sites for hydroxylation is 1. The van der Waals surface area contributed by atoms with Gasteiger partial charge in [-0.05, 0) is 62.3 Å². The van der Waals surface area contributed by atoms with Crippen LogP contribution >= 0.6 is 0 Å². The molecule has 2 aliphatic heterocycles. The van der Waals surface area contributed by atoms with Gasteiger partial charge in [0, 0.05) is 51.6 Å². The van der Waals surface area contributed by atoms with Crippen molar-refractivity contribution in [2.24, 2.45) is 7.05 Å². The Morgan fingerprint density at radius 1 is 1.16 bits per heavy atom. The molecule has 3 heterocycles. The van der Waals surface area contributed by atoms with Crippen LogP contribution in [-0.4, -0.2) is 62.9 Å². The molecule has 3 aliphatic rings. The second-order valence-corrected chi connectivity index (χ2v) is 9.34. The zero-order valence-electron chi connectivity index (χ0n) is 18.2. The zero-order chi connectivity index (χ0) is 21.4. The van der Waals surface area contributed by atoms with Crippen LogP contribution in [0.15, 0.2) is 36.5 Å². The Bertz CT molecular complexity index is 916. The number of hydrogen-bond acceptors (Lipinski definition) is 4. The fourth-order valence-corrected chi connectivity index (χ4v) is 5.26. The van der Waals surface area contributed by atoms with Crippen LogP contribution in [-0.2, 0) is 18.3 Å². The van der Waals surface area contributed by atoms with Gasteiger partial charge in [0.05, 0.1) is 5.60 Å². The van der Waals surface area contributed by atoms with E-state index in [1.54, 1.807) is 36.1 Å². The highest BCUT2D eigenvalue weighted by atomic mass is 19.1. The van der Waals surface area contributed by atoms with Gasteiger partial charge in [-0.25, -0.2) is 4.39 Å². The van der Waals surface area contributed by atoms with Crippen LogP contribution in [0.1, 0.15) is 54.6 Å². The number of amides is 1. The Balaban J connectivity index is 1.24. The first-order valence-corrected chi connectivity index (χ1v) is 11.4. The van der Waals surface area contributed by atoms with E-state index in [4.69, 9.17) is 4.74 Å². The predicted octanol–water partition coefficient (Wildman–Crippen LogP) is 3.38. The Hall–Kier alpha value is -2.25. The van der Waals surface area contributed by atoms with Gasteiger partial charge >= 0.3 is 0 Å². The summed E-state index contributed by atoms with van der Waals surface area (Å²) in [7, 11) is 1.81. The minimum absolute atomic E-state index is 0.0538. The van der Waals surface area contributed by atoms with E-state index in [0.717, 1.165) is 51.9 Å². The average molecular weight is 427 g/mol. The van der Waals surface area contributed by atoms with Crippen molar-refractivity contribution in [2.75, 3.05) is 19.7 Å². The van der Waals surface area contributed by atoms with Crippen LogP contribution < -0.4 is 0 Å². The van der Waals surface area contributed by atoms with E-state index < -0.39 is 0 Å². The number of nitrogens with zero attached hydrogens (tertiary/aromatic N) is 4. The molecule has 1 aromatic carbocycles. The van der Waals surface area contributed by atoms with Gasteiger partial charge in [0.15, 0.2) is 0 Å². The summed E-state index contributed by atoms with van der Waals surface area (Å²) < 4.78 is 21.3. The molecule has 1 amide bonds. The largest absolute Gasteiger partial charge is 0.375 e. The summed E-state index contributed by atoms with van der Waals surface area (Å²) in [6.45, 7) is 3.08. The van der Waals surface area contributed by atoms with Gasteiger partial charge in [0.1, 0.15) is 11.5 Å². The molecular weight excluding hydrogens is 395 g/mol. The van der Waals surface area contributed by atoms with Gasteiger partial charge in [-0.1, -0.05) is 12.1 Å². The molecule has 6 nitrogen and oxygen atoms in total. The standard InChI is InChI=1S/C24H31FN4O2/c1-27-22(8-12-26-27)23(30)28-13-10-24(11-14-28)16-21(9-15-31-24)29(20-6-7-20)17-18-2-4-19(25)5-3-18/h2-5,8,12,20-21H,6-7,9-11,13-17H2,1H3. The first-order chi connectivity index (χ1) is 15.0. The highest BCUT2D eigenvalue weighted by molar-refractivity contribution is 5.92. The molecule has 0 radical (unpaired) electrons. The normalized spacial score (nSPS) is 23.5. The van der Waals surface area contributed by atoms with E-state index in [9.17, 15) is 9.18 Å². The van der Waals surface area contributed by atoms with Gasteiger partial charge in [-0.15, -0.1) is 0 Å². The molecule has 1 aromatic heterocycles. The number of aromatic nitrogens is 2. The molecule has 0 N–H and O–H groups in total. The molecule has 1 atom stereocenters. The van der Waals surface area contributed by atoms with E-state index in [2.05, 4.69) is 10.00 Å². The summed E-state index contributed by atoms with van der Waals surface area (Å²) in [5.41, 5.74) is 1.67. The monoisotopic (exact) mass is 426 g/mol. The molecule has 31 heavy (non-hydrogen) atoms. The van der Waals surface area contributed by atoms with Crippen molar-refractivity contribution in [1.82, 2.24) is 19.6 Å². The van der Waals surface area contributed by atoms with E-state index >= 15 is 0 Å². The van der Waals surface area contributed by atoms with Crippen LogP contribution in [0.2, 0.25) is 0 Å². The topological polar surface area (TPSA) is 50.6 Å². The fraction of sp³-hybridized carbons (Fsp3) is 0.583. The highest BCUT2D eigenvalue weighted by Gasteiger charge is 2.45. The van der Waals surface area contributed by atoms with E-state index in [-0.39, 0.29) is 17.3 Å². The third-order valence-corrected chi connectivity index (χ3v) is 7.23. The van der Waals surface area contributed by atoms with E-state index in [1.165, 1.54) is 18.4 Å². The second kappa shape index (κ2) is 8.36. The molecule has 1 aliphatic carbocycles. The number of benzene rings is 1. The molecule has 5 rings (SSSR count). The van der Waals surface area contributed by atoms with Crippen molar-refractivity contribution in [3.05, 3.63) is 53.6 Å². The number of hydrogen-bond donors (Lipinski definition) is 0. The maximum Gasteiger partial charge on any atom is 0.272 e. The number of ether oxygens (including phenoxy) is 1. The molecule has 2 saturated heterocycles. The van der Waals surface area contributed by atoms with Crippen molar-refractivity contribution < 1.29 is 13.9 Å². The molecule has 2 aromatic rings. The maximum atomic E-state index is 13.3. The molecule has 0 bridgehead atoms. The first-order valence-electron chi connectivity index (χ1n) is 11.4. The van der Waals surface area contributed by atoms with Crippen LogP contribution in [0.5, 0.6) is 0 Å². The van der Waals surface area contributed by atoms with Gasteiger partial charge < -0.3 is 9.64 Å². The number of likely N-dealkylation sites (tertiary alicyclic amines) is 1. The lowest BCUT2D eigenvalue weighted by Crippen LogP contribution is -2.54. The van der Waals surface area contributed by atoms with Crippen LogP contribution in [0.25, 0.3) is 0 Å². The molecule has 7 heteroatoms. The maximum absolute atomic E-state index is 13.3. The summed E-state index contributed by atoms with van der Waals surface area (Å²) in [5.74, 6) is -0.128. The number of rotatable bonds is 5. The predicted molar refractivity (Wildman–Crippen MR) is 115 cm³/mol. The summed E-state index contributed by atoms with van der Waals surface area (Å²) in [5, 5.41) is 4.12. The lowest BCUT2D eigenvalue weighted by atomic mass is 9.81. The summed E-state index contributed by atoms with van der Waals surface area (Å²) in [6, 6.07) is 9.82. The molecule has 1 unspecified atom stereocenters. The van der Waals surface area contributed by atoms with Gasteiger partial charge in [-0.2, -0.15) is 5.10 Å². The van der Waals surface area contributed by atoms with Gasteiger partial charge in [0.2, 0.25) is 0 Å². The van der Waals surface area contributed by atoms with Crippen molar-refractivity contribution >= 4 is 5.91 Å². The average Bonchev–Trinajstić information content (AvgIpc) is 3.53. The molecular formula is C24H31FN4O2. The van der Waals surface area contributed by atoms with E-state index in [1.807, 2.05) is 17.0 Å². The van der Waals surface area contributed by atoms with Crippen molar-refractivity contribution in [3.63, 3.8) is 0 Å². The van der Waals surface area contributed by atoms with Crippen molar-refractivity contribution in [2.45, 2.75) is 62.8 Å². The smallest absolute Gasteiger partial charge is 0.272 e. The molecule has 3 fully saturated rings. The highest BCUT2D eigenvalue weighted by Crippen LogP contribution is 2.40. The lowest BCUT2D eigenvalue weighted by molar-refractivity contribution is -0.131. The number of piperidine rings is 1. The van der Waals surface area contributed by atoms with Crippen LogP contribution in [0.4, 0.5) is 4.39 Å². The third-order valence-electron chi connectivity index (χ3n) is 7.23. The zero-order valence-corrected chi connectivity index (χ0v) is 18.2. The Morgan fingerprint density at radius 2 is 1.90 bits per heavy atom. The van der Waals surface area contributed by atoms with Crippen molar-refractivity contribution in [3.8, 4) is 0 Å². The van der Waals surface area contributed by atoms with Crippen molar-refractivity contribution in [1.29, 1.82) is 0 Å².